The topological polar surface area (TPSA) is 0 Å². The van der Waals surface area contributed by atoms with Gasteiger partial charge < -0.3 is 0 Å². The van der Waals surface area contributed by atoms with Crippen molar-refractivity contribution in [3.8, 4) is 0 Å². The molecule has 0 radical (unpaired) electrons. The molecule has 2 rings (SSSR count). The Morgan fingerprint density at radius 3 is 2.64 bits per heavy atom. The number of halogens is 1. The van der Waals surface area contributed by atoms with Crippen LogP contribution >= 0.6 is 15.9 Å². The van der Waals surface area contributed by atoms with Crippen LogP contribution in [0.4, 0.5) is 0 Å². The Labute approximate surface area is 97.0 Å². The van der Waals surface area contributed by atoms with Gasteiger partial charge in [-0.2, -0.15) is 0 Å². The van der Waals surface area contributed by atoms with Crippen molar-refractivity contribution in [2.45, 2.75) is 51.9 Å². The molecule has 0 heterocycles. The summed E-state index contributed by atoms with van der Waals surface area (Å²) in [6.45, 7) is 2.32. The summed E-state index contributed by atoms with van der Waals surface area (Å²) in [5, 5.41) is 1.23. The van der Waals surface area contributed by atoms with Gasteiger partial charge in [-0.05, 0) is 55.8 Å². The molecule has 4 atom stereocenters. The maximum atomic E-state index is 3.68. The zero-order valence-electron chi connectivity index (χ0n) is 9.34. The van der Waals surface area contributed by atoms with Gasteiger partial charge in [0.15, 0.2) is 0 Å². The Hall–Kier alpha value is 0.480. The lowest BCUT2D eigenvalue weighted by Crippen LogP contribution is -2.16. The summed E-state index contributed by atoms with van der Waals surface area (Å²) in [6.07, 6.45) is 10.5. The van der Waals surface area contributed by atoms with Crippen molar-refractivity contribution in [2.75, 3.05) is 5.33 Å². The van der Waals surface area contributed by atoms with Crippen LogP contribution in [0.2, 0.25) is 0 Å². The standard InChI is InChI=1S/C13H23Br/c1-2-3-11(9-14)8-13-7-10-4-5-12(13)6-10/h10-13H,2-9H2,1H3. The molecule has 0 aromatic rings. The lowest BCUT2D eigenvalue weighted by molar-refractivity contribution is 0.271. The van der Waals surface area contributed by atoms with Gasteiger partial charge in [0.05, 0.1) is 0 Å². The van der Waals surface area contributed by atoms with Gasteiger partial charge in [0.25, 0.3) is 0 Å². The summed E-state index contributed by atoms with van der Waals surface area (Å²) >= 11 is 3.68. The molecular weight excluding hydrogens is 236 g/mol. The summed E-state index contributed by atoms with van der Waals surface area (Å²) in [7, 11) is 0. The SMILES string of the molecule is CCCC(CBr)CC1CC2CCC1C2. The summed E-state index contributed by atoms with van der Waals surface area (Å²) < 4.78 is 0. The minimum atomic E-state index is 0.962. The molecule has 0 aromatic heterocycles. The molecule has 14 heavy (non-hydrogen) atoms. The van der Waals surface area contributed by atoms with Crippen molar-refractivity contribution in [3.63, 3.8) is 0 Å². The van der Waals surface area contributed by atoms with E-state index in [1.54, 1.807) is 25.7 Å². The molecule has 82 valence electrons. The van der Waals surface area contributed by atoms with Gasteiger partial charge >= 0.3 is 0 Å². The van der Waals surface area contributed by atoms with Gasteiger partial charge in [-0.1, -0.05) is 35.7 Å². The normalized spacial score (nSPS) is 37.7. The Balaban J connectivity index is 1.79. The highest BCUT2D eigenvalue weighted by Crippen LogP contribution is 2.50. The first-order valence-electron chi connectivity index (χ1n) is 6.39. The molecule has 1 heteroatoms. The van der Waals surface area contributed by atoms with E-state index in [9.17, 15) is 0 Å². The van der Waals surface area contributed by atoms with Crippen molar-refractivity contribution in [2.24, 2.45) is 23.7 Å². The van der Waals surface area contributed by atoms with Crippen LogP contribution in [0.5, 0.6) is 0 Å². The van der Waals surface area contributed by atoms with Gasteiger partial charge in [0.2, 0.25) is 0 Å². The average Bonchev–Trinajstić information content (AvgIpc) is 2.78. The molecule has 0 aromatic carbocycles. The van der Waals surface area contributed by atoms with Crippen molar-refractivity contribution in [1.82, 2.24) is 0 Å². The quantitative estimate of drug-likeness (QED) is 0.632. The molecule has 0 N–H and O–H groups in total. The van der Waals surface area contributed by atoms with E-state index in [0.29, 0.717) is 0 Å². The van der Waals surface area contributed by atoms with E-state index in [1.165, 1.54) is 24.6 Å². The summed E-state index contributed by atoms with van der Waals surface area (Å²) in [5.41, 5.74) is 0. The summed E-state index contributed by atoms with van der Waals surface area (Å²) in [6, 6.07) is 0. The first-order chi connectivity index (χ1) is 6.83. The van der Waals surface area contributed by atoms with Gasteiger partial charge in [0, 0.05) is 5.33 Å². The van der Waals surface area contributed by atoms with E-state index in [-0.39, 0.29) is 0 Å². The van der Waals surface area contributed by atoms with Crippen LogP contribution in [0.25, 0.3) is 0 Å². The smallest absolute Gasteiger partial charge is 0.00597 e. The lowest BCUT2D eigenvalue weighted by Gasteiger charge is -2.25. The van der Waals surface area contributed by atoms with Gasteiger partial charge in [0.1, 0.15) is 0 Å². The van der Waals surface area contributed by atoms with Crippen molar-refractivity contribution in [3.05, 3.63) is 0 Å². The third-order valence-corrected chi connectivity index (χ3v) is 5.35. The van der Waals surface area contributed by atoms with Crippen LogP contribution in [0.15, 0.2) is 0 Å². The van der Waals surface area contributed by atoms with Crippen molar-refractivity contribution < 1.29 is 0 Å². The highest BCUT2D eigenvalue weighted by molar-refractivity contribution is 9.09. The third kappa shape index (κ3) is 2.35. The Morgan fingerprint density at radius 1 is 1.29 bits per heavy atom. The average molecular weight is 259 g/mol. The molecule has 2 bridgehead atoms. The molecule has 2 aliphatic carbocycles. The van der Waals surface area contributed by atoms with Crippen LogP contribution < -0.4 is 0 Å². The van der Waals surface area contributed by atoms with Gasteiger partial charge in [-0.3, -0.25) is 0 Å². The maximum Gasteiger partial charge on any atom is 0.00597 e. The fraction of sp³-hybridized carbons (Fsp3) is 1.00. The second-order valence-electron chi connectivity index (χ2n) is 5.48. The first-order valence-corrected chi connectivity index (χ1v) is 7.51. The second kappa shape index (κ2) is 5.01. The minimum absolute atomic E-state index is 0.962. The zero-order chi connectivity index (χ0) is 9.97. The zero-order valence-corrected chi connectivity index (χ0v) is 10.9. The molecule has 0 nitrogen and oxygen atoms in total. The molecule has 2 saturated carbocycles. The predicted molar refractivity (Wildman–Crippen MR) is 65.7 cm³/mol. The Bertz CT molecular complexity index is 178. The second-order valence-corrected chi connectivity index (χ2v) is 6.13. The van der Waals surface area contributed by atoms with Gasteiger partial charge in [-0.25, -0.2) is 0 Å². The molecule has 0 spiro atoms. The fourth-order valence-corrected chi connectivity index (χ4v) is 4.35. The molecule has 0 aliphatic heterocycles. The minimum Gasteiger partial charge on any atom is -0.0925 e. The van der Waals surface area contributed by atoms with Crippen LogP contribution in [-0.2, 0) is 0 Å². The Kier molecular flexibility index (Phi) is 3.93. The molecule has 2 aliphatic rings. The number of hydrogen-bond acceptors (Lipinski definition) is 0. The Morgan fingerprint density at radius 2 is 2.14 bits per heavy atom. The van der Waals surface area contributed by atoms with Crippen molar-refractivity contribution in [1.29, 1.82) is 0 Å². The number of rotatable bonds is 5. The first kappa shape index (κ1) is 11.0. The van der Waals surface area contributed by atoms with Crippen LogP contribution in [-0.4, -0.2) is 5.33 Å². The highest BCUT2D eigenvalue weighted by atomic mass is 79.9. The van der Waals surface area contributed by atoms with Crippen LogP contribution in [0.1, 0.15) is 51.9 Å². The van der Waals surface area contributed by atoms with Crippen molar-refractivity contribution >= 4 is 15.9 Å². The molecular formula is C13H23Br. The van der Waals surface area contributed by atoms with E-state index in [0.717, 1.165) is 23.7 Å². The van der Waals surface area contributed by atoms with E-state index < -0.39 is 0 Å². The van der Waals surface area contributed by atoms with E-state index in [2.05, 4.69) is 22.9 Å². The van der Waals surface area contributed by atoms with Gasteiger partial charge in [-0.15, -0.1) is 0 Å². The fourth-order valence-electron chi connectivity index (χ4n) is 3.76. The van der Waals surface area contributed by atoms with E-state index in [1.807, 2.05) is 0 Å². The summed E-state index contributed by atoms with van der Waals surface area (Å²) in [4.78, 5) is 0. The number of hydrogen-bond donors (Lipinski definition) is 0. The van der Waals surface area contributed by atoms with E-state index >= 15 is 0 Å². The number of fused-ring (bicyclic) bond motifs is 2. The predicted octanol–water partition coefficient (Wildman–Crippen LogP) is 4.62. The lowest BCUT2D eigenvalue weighted by atomic mass is 9.81. The third-order valence-electron chi connectivity index (χ3n) is 4.44. The number of alkyl halides is 1. The van der Waals surface area contributed by atoms with E-state index in [4.69, 9.17) is 0 Å². The van der Waals surface area contributed by atoms with Crippen LogP contribution in [0, 0.1) is 23.7 Å². The monoisotopic (exact) mass is 258 g/mol. The molecule has 4 unspecified atom stereocenters. The van der Waals surface area contributed by atoms with Crippen LogP contribution in [0.3, 0.4) is 0 Å². The largest absolute Gasteiger partial charge is 0.0925 e. The molecule has 0 amide bonds. The highest BCUT2D eigenvalue weighted by Gasteiger charge is 2.39. The maximum absolute atomic E-state index is 3.68. The molecule has 0 saturated heterocycles. The molecule has 2 fully saturated rings. The summed E-state index contributed by atoms with van der Waals surface area (Å²) in [5.74, 6) is 4.31.